The monoisotopic (exact) mass is 408 g/mol. The first-order valence-electron chi connectivity index (χ1n) is 11.6. The maximum absolute atomic E-state index is 4.31. The Morgan fingerprint density at radius 1 is 0.630 bits per heavy atom. The molecule has 0 N–H and O–H groups in total. The van der Waals surface area contributed by atoms with Crippen molar-refractivity contribution in [2.45, 2.75) is 108 Å². The van der Waals surface area contributed by atoms with Gasteiger partial charge in [-0.1, -0.05) is 38.2 Å². The van der Waals surface area contributed by atoms with E-state index < -0.39 is 0 Å². The molecule has 2 aliphatic rings. The van der Waals surface area contributed by atoms with Crippen LogP contribution in [0.4, 0.5) is 0 Å². The Morgan fingerprint density at radius 3 is 1.44 bits per heavy atom. The Morgan fingerprint density at radius 2 is 1.04 bits per heavy atom. The molecule has 2 saturated carbocycles. The zero-order valence-corrected chi connectivity index (χ0v) is 19.8. The SMILES string of the molecule is C=C(CCCCSC1CCC1C)CCCCC(=C)CCCSC1CCC1C. The number of rotatable bonds is 16. The number of allylic oxidation sites excluding steroid dienone is 2. The second-order valence-electron chi connectivity index (χ2n) is 9.20. The third kappa shape index (κ3) is 9.48. The molecule has 4 atom stereocenters. The minimum Gasteiger partial charge on any atom is -0.158 e. The van der Waals surface area contributed by atoms with Gasteiger partial charge in [0.1, 0.15) is 0 Å². The van der Waals surface area contributed by atoms with Gasteiger partial charge in [0.25, 0.3) is 0 Å². The van der Waals surface area contributed by atoms with E-state index in [1.165, 1.54) is 106 Å². The van der Waals surface area contributed by atoms with Gasteiger partial charge in [-0.25, -0.2) is 0 Å². The minimum atomic E-state index is 0.963. The molecule has 0 radical (unpaired) electrons. The largest absolute Gasteiger partial charge is 0.158 e. The summed E-state index contributed by atoms with van der Waals surface area (Å²) < 4.78 is 0. The number of unbranched alkanes of at least 4 members (excludes halogenated alkanes) is 2. The molecule has 0 heterocycles. The Bertz CT molecular complexity index is 442. The standard InChI is InChI=1S/C25H44S2/c1-20(12-7-8-18-26-24-16-14-22(24)3)10-5-6-11-21(2)13-9-19-27-25-17-15-23(25)4/h22-25H,1-2,5-19H2,3-4H3. The smallest absolute Gasteiger partial charge is 0.00728 e. The lowest BCUT2D eigenvalue weighted by Gasteiger charge is -2.33. The Labute approximate surface area is 178 Å². The van der Waals surface area contributed by atoms with E-state index in [0.29, 0.717) is 0 Å². The molecule has 0 saturated heterocycles. The molecular weight excluding hydrogens is 364 g/mol. The quantitative estimate of drug-likeness (QED) is 0.185. The fourth-order valence-electron chi connectivity index (χ4n) is 4.04. The topological polar surface area (TPSA) is 0 Å². The van der Waals surface area contributed by atoms with Crippen LogP contribution in [0.3, 0.4) is 0 Å². The molecule has 0 nitrogen and oxygen atoms in total. The Hall–Kier alpha value is 0.180. The molecular formula is C25H44S2. The van der Waals surface area contributed by atoms with Crippen LogP contribution in [-0.2, 0) is 0 Å². The first kappa shape index (κ1) is 23.5. The van der Waals surface area contributed by atoms with E-state index >= 15 is 0 Å². The summed E-state index contributed by atoms with van der Waals surface area (Å²) in [6.07, 6.45) is 17.4. The van der Waals surface area contributed by atoms with Gasteiger partial charge < -0.3 is 0 Å². The van der Waals surface area contributed by atoms with Crippen LogP contribution >= 0.6 is 23.5 Å². The molecule has 0 aromatic rings. The van der Waals surface area contributed by atoms with E-state index in [-0.39, 0.29) is 0 Å². The second kappa shape index (κ2) is 13.4. The van der Waals surface area contributed by atoms with Crippen molar-refractivity contribution in [3.63, 3.8) is 0 Å². The Balaban J connectivity index is 1.33. The van der Waals surface area contributed by atoms with Crippen molar-refractivity contribution in [3.8, 4) is 0 Å². The van der Waals surface area contributed by atoms with Crippen molar-refractivity contribution in [2.75, 3.05) is 11.5 Å². The van der Waals surface area contributed by atoms with E-state index in [2.05, 4.69) is 50.5 Å². The molecule has 0 aromatic heterocycles. The van der Waals surface area contributed by atoms with Crippen LogP contribution in [0.2, 0.25) is 0 Å². The summed E-state index contributed by atoms with van der Waals surface area (Å²) in [5, 5.41) is 1.94. The van der Waals surface area contributed by atoms with Crippen LogP contribution in [0.5, 0.6) is 0 Å². The minimum absolute atomic E-state index is 0.963. The van der Waals surface area contributed by atoms with Crippen LogP contribution in [0.15, 0.2) is 24.3 Å². The molecule has 0 amide bonds. The fraction of sp³-hybridized carbons (Fsp3) is 0.840. The van der Waals surface area contributed by atoms with Crippen LogP contribution in [0.1, 0.15) is 97.3 Å². The van der Waals surface area contributed by atoms with Gasteiger partial charge in [0.05, 0.1) is 0 Å². The maximum atomic E-state index is 4.31. The molecule has 27 heavy (non-hydrogen) atoms. The van der Waals surface area contributed by atoms with E-state index in [9.17, 15) is 0 Å². The lowest BCUT2D eigenvalue weighted by molar-refractivity contribution is 0.362. The highest BCUT2D eigenvalue weighted by Crippen LogP contribution is 2.38. The van der Waals surface area contributed by atoms with E-state index in [4.69, 9.17) is 0 Å². The van der Waals surface area contributed by atoms with Gasteiger partial charge >= 0.3 is 0 Å². The summed E-state index contributed by atoms with van der Waals surface area (Å²) in [6, 6.07) is 0. The number of hydrogen-bond donors (Lipinski definition) is 0. The molecule has 0 spiro atoms. The van der Waals surface area contributed by atoms with E-state index in [1.54, 1.807) is 0 Å². The second-order valence-corrected chi connectivity index (χ2v) is 11.9. The van der Waals surface area contributed by atoms with Crippen LogP contribution < -0.4 is 0 Å². The number of hydrogen-bond acceptors (Lipinski definition) is 2. The molecule has 156 valence electrons. The highest BCUT2D eigenvalue weighted by Gasteiger charge is 2.27. The predicted octanol–water partition coefficient (Wildman–Crippen LogP) is 8.67. The third-order valence-corrected chi connectivity index (χ3v) is 9.96. The van der Waals surface area contributed by atoms with Crippen molar-refractivity contribution in [3.05, 3.63) is 24.3 Å². The first-order valence-corrected chi connectivity index (χ1v) is 13.7. The first-order chi connectivity index (χ1) is 13.1. The van der Waals surface area contributed by atoms with E-state index in [0.717, 1.165) is 22.3 Å². The van der Waals surface area contributed by atoms with Gasteiger partial charge in [0.2, 0.25) is 0 Å². The maximum Gasteiger partial charge on any atom is 0.00728 e. The van der Waals surface area contributed by atoms with Gasteiger partial charge in [0, 0.05) is 10.5 Å². The molecule has 0 aromatic carbocycles. The summed E-state index contributed by atoms with van der Waals surface area (Å²) >= 11 is 4.43. The van der Waals surface area contributed by atoms with Crippen LogP contribution in [0, 0.1) is 11.8 Å². The highest BCUT2D eigenvalue weighted by atomic mass is 32.2. The van der Waals surface area contributed by atoms with Crippen LogP contribution in [-0.4, -0.2) is 22.0 Å². The molecule has 2 heteroatoms. The Kier molecular flexibility index (Phi) is 11.7. The van der Waals surface area contributed by atoms with Crippen molar-refractivity contribution in [1.82, 2.24) is 0 Å². The summed E-state index contributed by atoms with van der Waals surface area (Å²) in [4.78, 5) is 0. The van der Waals surface area contributed by atoms with Crippen LogP contribution in [0.25, 0.3) is 0 Å². The summed E-state index contributed by atoms with van der Waals surface area (Å²) in [5.41, 5.74) is 2.96. The molecule has 2 aliphatic carbocycles. The molecule has 0 bridgehead atoms. The van der Waals surface area contributed by atoms with Gasteiger partial charge in [-0.3, -0.25) is 0 Å². The van der Waals surface area contributed by atoms with Crippen molar-refractivity contribution < 1.29 is 0 Å². The third-order valence-electron chi connectivity index (χ3n) is 6.66. The average Bonchev–Trinajstić information content (AvgIpc) is 2.65. The average molecular weight is 409 g/mol. The van der Waals surface area contributed by atoms with Crippen molar-refractivity contribution in [1.29, 1.82) is 0 Å². The zero-order valence-electron chi connectivity index (χ0n) is 18.1. The summed E-state index contributed by atoms with van der Waals surface area (Å²) in [5.74, 6) is 4.64. The lowest BCUT2D eigenvalue weighted by Crippen LogP contribution is -2.25. The van der Waals surface area contributed by atoms with Gasteiger partial charge in [0.15, 0.2) is 0 Å². The van der Waals surface area contributed by atoms with Gasteiger partial charge in [-0.05, 0) is 107 Å². The lowest BCUT2D eigenvalue weighted by atomic mass is 9.87. The molecule has 2 fully saturated rings. The summed E-state index contributed by atoms with van der Waals surface area (Å²) in [6.45, 7) is 13.4. The van der Waals surface area contributed by atoms with E-state index in [1.807, 2.05) is 0 Å². The predicted molar refractivity (Wildman–Crippen MR) is 129 cm³/mol. The summed E-state index contributed by atoms with van der Waals surface area (Å²) in [7, 11) is 0. The molecule has 0 aliphatic heterocycles. The van der Waals surface area contributed by atoms with Gasteiger partial charge in [-0.15, -0.1) is 0 Å². The normalized spacial score (nSPS) is 27.0. The zero-order chi connectivity index (χ0) is 19.5. The highest BCUT2D eigenvalue weighted by molar-refractivity contribution is 8.00. The van der Waals surface area contributed by atoms with Crippen molar-refractivity contribution >= 4 is 23.5 Å². The molecule has 2 rings (SSSR count). The molecule has 4 unspecified atom stereocenters. The number of thioether (sulfide) groups is 2. The van der Waals surface area contributed by atoms with Crippen molar-refractivity contribution in [2.24, 2.45) is 11.8 Å². The van der Waals surface area contributed by atoms with Gasteiger partial charge in [-0.2, -0.15) is 23.5 Å². The fourth-order valence-corrected chi connectivity index (χ4v) is 6.86.